The van der Waals surface area contributed by atoms with Gasteiger partial charge in [-0.15, -0.1) is 0 Å². The smallest absolute Gasteiger partial charge is 0.330 e. The minimum atomic E-state index is -1.45. The zero-order valence-corrected chi connectivity index (χ0v) is 31.9. The van der Waals surface area contributed by atoms with Crippen LogP contribution in [0, 0.1) is 35.5 Å². The Morgan fingerprint density at radius 1 is 0.960 bits per heavy atom. The number of hydrogen-bond donors (Lipinski definition) is 5. The Labute approximate surface area is 300 Å². The second kappa shape index (κ2) is 18.9. The van der Waals surface area contributed by atoms with Crippen LogP contribution >= 0.6 is 0 Å². The van der Waals surface area contributed by atoms with Crippen molar-refractivity contribution in [1.29, 1.82) is 0 Å². The Hall–Kier alpha value is -1.66. The Bertz CT molecular complexity index is 1140. The highest BCUT2D eigenvalue weighted by molar-refractivity contribution is 5.83. The molecule has 2 bridgehead atoms. The van der Waals surface area contributed by atoms with Gasteiger partial charge in [-0.3, -0.25) is 4.79 Å². The number of hydrogen-bond acceptors (Lipinski definition) is 10. The number of aliphatic hydroxyl groups excluding tert-OH is 4. The van der Waals surface area contributed by atoms with Crippen LogP contribution < -0.4 is 0 Å². The number of ether oxygens (including phenoxy) is 3. The van der Waals surface area contributed by atoms with Crippen LogP contribution in [0.1, 0.15) is 126 Å². The van der Waals surface area contributed by atoms with Gasteiger partial charge in [0.2, 0.25) is 0 Å². The highest BCUT2D eigenvalue weighted by atomic mass is 16.7. The number of ketones is 1. The standard InChI is InChI=1S/C40H68O10/c1-9-30(41)20-33-25(4)16-18-40(49-33)23-35-28(7)34(50-40)21-32(43)29(19-24(2)3)13-11-10-12-17-39(8,47)36(44)22-31(42)27(6)38(46)26(5)14-15-37(45)48-35/h11,13-15,24-31,33-36,38,41-42,44,46-47H,9-10,12,16-23H2,1-8H3/b13-11-,15-14-. The lowest BCUT2D eigenvalue weighted by Gasteiger charge is -2.51. The lowest BCUT2D eigenvalue weighted by Crippen LogP contribution is -2.57. The Morgan fingerprint density at radius 3 is 2.32 bits per heavy atom. The van der Waals surface area contributed by atoms with E-state index in [1.54, 1.807) is 26.8 Å². The van der Waals surface area contributed by atoms with E-state index in [1.807, 2.05) is 26.0 Å². The quantitative estimate of drug-likeness (QED) is 0.184. The second-order valence-electron chi connectivity index (χ2n) is 16.5. The van der Waals surface area contributed by atoms with Crippen molar-refractivity contribution in [2.45, 2.75) is 180 Å². The van der Waals surface area contributed by atoms with Gasteiger partial charge in [-0.2, -0.15) is 0 Å². The van der Waals surface area contributed by atoms with Crippen molar-refractivity contribution in [3.8, 4) is 0 Å². The third-order valence-electron chi connectivity index (χ3n) is 11.6. The molecule has 0 amide bonds. The van der Waals surface area contributed by atoms with Crippen LogP contribution in [-0.4, -0.2) is 91.4 Å². The van der Waals surface area contributed by atoms with Crippen molar-refractivity contribution in [3.05, 3.63) is 24.3 Å². The molecule has 5 N–H and O–H groups in total. The molecule has 10 heteroatoms. The van der Waals surface area contributed by atoms with Crippen molar-refractivity contribution in [3.63, 3.8) is 0 Å². The number of rotatable bonds is 5. The van der Waals surface area contributed by atoms with Gasteiger partial charge in [0.1, 0.15) is 11.9 Å². The number of esters is 1. The van der Waals surface area contributed by atoms with Gasteiger partial charge >= 0.3 is 5.97 Å². The van der Waals surface area contributed by atoms with Gasteiger partial charge in [0.05, 0.1) is 42.2 Å². The van der Waals surface area contributed by atoms with E-state index in [4.69, 9.17) is 14.2 Å². The van der Waals surface area contributed by atoms with Gasteiger partial charge in [0.25, 0.3) is 0 Å². The molecule has 0 radical (unpaired) electrons. The number of carbonyl (C=O) groups is 2. The van der Waals surface area contributed by atoms with E-state index in [2.05, 4.69) is 20.8 Å². The maximum Gasteiger partial charge on any atom is 0.330 e. The van der Waals surface area contributed by atoms with E-state index >= 15 is 0 Å². The van der Waals surface area contributed by atoms with Gasteiger partial charge in [0.15, 0.2) is 5.79 Å². The molecule has 10 nitrogen and oxygen atoms in total. The fourth-order valence-corrected chi connectivity index (χ4v) is 7.69. The fourth-order valence-electron chi connectivity index (χ4n) is 7.69. The van der Waals surface area contributed by atoms with Crippen molar-refractivity contribution < 1.29 is 49.3 Å². The van der Waals surface area contributed by atoms with E-state index in [0.29, 0.717) is 44.9 Å². The van der Waals surface area contributed by atoms with Gasteiger partial charge < -0.3 is 39.7 Å². The van der Waals surface area contributed by atoms with Crippen LogP contribution in [0.4, 0.5) is 0 Å². The first kappa shape index (κ1) is 42.8. The first-order valence-corrected chi connectivity index (χ1v) is 19.3. The average Bonchev–Trinajstić information content (AvgIpc) is 3.05. The molecule has 50 heavy (non-hydrogen) atoms. The summed E-state index contributed by atoms with van der Waals surface area (Å²) in [6.45, 7) is 15.1. The maximum absolute atomic E-state index is 14.0. The summed E-state index contributed by atoms with van der Waals surface area (Å²) < 4.78 is 19.5. The summed E-state index contributed by atoms with van der Waals surface area (Å²) in [5.74, 6) is -2.97. The molecule has 14 unspecified atom stereocenters. The number of fused-ring (bicyclic) bond motifs is 2. The SMILES string of the molecule is CCC(O)CC1OC2(CCC1C)CC1OC(=O)/C=C\C(C)C(O)C(C)C(O)CC(O)C(C)(O)CCC/C=C\C(CC(C)C)C(=O)CC(O2)C1C. The predicted molar refractivity (Wildman–Crippen MR) is 192 cm³/mol. The van der Waals surface area contributed by atoms with E-state index in [-0.39, 0.29) is 54.8 Å². The second-order valence-corrected chi connectivity index (χ2v) is 16.5. The molecule has 0 aromatic heterocycles. The molecule has 2 saturated heterocycles. The zero-order valence-electron chi connectivity index (χ0n) is 31.9. The summed E-state index contributed by atoms with van der Waals surface area (Å²) in [7, 11) is 0. The first-order valence-electron chi connectivity index (χ1n) is 19.3. The van der Waals surface area contributed by atoms with Gasteiger partial charge in [0, 0.05) is 55.4 Å². The molecular formula is C40H68O10. The molecule has 0 aromatic carbocycles. The van der Waals surface area contributed by atoms with Crippen LogP contribution in [0.25, 0.3) is 0 Å². The van der Waals surface area contributed by atoms with Gasteiger partial charge in [-0.05, 0) is 63.7 Å². The minimum absolute atomic E-state index is 0.0337. The molecule has 3 rings (SSSR count). The fraction of sp³-hybridized carbons (Fsp3) is 0.850. The lowest BCUT2D eigenvalue weighted by atomic mass is 9.79. The number of allylic oxidation sites excluding steroid dienone is 2. The lowest BCUT2D eigenvalue weighted by molar-refractivity contribution is -0.346. The Kier molecular flexibility index (Phi) is 16.2. The number of aliphatic hydroxyl groups is 5. The van der Waals surface area contributed by atoms with Crippen LogP contribution in [0.5, 0.6) is 0 Å². The molecule has 288 valence electrons. The Morgan fingerprint density at radius 2 is 1.66 bits per heavy atom. The Balaban J connectivity index is 1.96. The van der Waals surface area contributed by atoms with Crippen LogP contribution in [0.15, 0.2) is 24.3 Å². The molecule has 2 fully saturated rings. The molecular weight excluding hydrogens is 640 g/mol. The van der Waals surface area contributed by atoms with Crippen LogP contribution in [-0.2, 0) is 23.8 Å². The van der Waals surface area contributed by atoms with Gasteiger partial charge in [-0.25, -0.2) is 4.79 Å². The van der Waals surface area contributed by atoms with E-state index in [0.717, 1.165) is 6.42 Å². The highest BCUT2D eigenvalue weighted by Crippen LogP contribution is 2.45. The monoisotopic (exact) mass is 708 g/mol. The highest BCUT2D eigenvalue weighted by Gasteiger charge is 2.52. The normalized spacial score (nSPS) is 43.8. The van der Waals surface area contributed by atoms with Crippen molar-refractivity contribution in [2.75, 3.05) is 0 Å². The predicted octanol–water partition coefficient (Wildman–Crippen LogP) is 5.41. The third-order valence-corrected chi connectivity index (χ3v) is 11.6. The number of Topliss-reactive ketones (excluding diaryl/α,β-unsaturated/α-hetero) is 1. The molecule has 1 spiro atoms. The molecule has 3 heterocycles. The molecule has 3 aliphatic rings. The summed E-state index contributed by atoms with van der Waals surface area (Å²) in [5, 5.41) is 54.2. The summed E-state index contributed by atoms with van der Waals surface area (Å²) >= 11 is 0. The van der Waals surface area contributed by atoms with E-state index < -0.39 is 65.8 Å². The zero-order chi connectivity index (χ0) is 37.4. The van der Waals surface area contributed by atoms with Crippen molar-refractivity contribution in [1.82, 2.24) is 0 Å². The van der Waals surface area contributed by atoms with Crippen LogP contribution in [0.3, 0.4) is 0 Å². The van der Waals surface area contributed by atoms with E-state index in [1.165, 1.54) is 6.08 Å². The summed E-state index contributed by atoms with van der Waals surface area (Å²) in [5.41, 5.74) is -1.45. The largest absolute Gasteiger partial charge is 0.459 e. The van der Waals surface area contributed by atoms with Crippen LogP contribution in [0.2, 0.25) is 0 Å². The number of carbonyl (C=O) groups excluding carboxylic acids is 2. The van der Waals surface area contributed by atoms with Crippen molar-refractivity contribution >= 4 is 11.8 Å². The molecule has 14 atom stereocenters. The molecule has 0 saturated carbocycles. The maximum atomic E-state index is 14.0. The minimum Gasteiger partial charge on any atom is -0.459 e. The van der Waals surface area contributed by atoms with Crippen molar-refractivity contribution in [2.24, 2.45) is 35.5 Å². The summed E-state index contributed by atoms with van der Waals surface area (Å²) in [6.07, 6.45) is 6.39. The molecule has 3 aliphatic heterocycles. The molecule has 0 aliphatic carbocycles. The topological polar surface area (TPSA) is 163 Å². The summed E-state index contributed by atoms with van der Waals surface area (Å²) in [6, 6.07) is 0. The van der Waals surface area contributed by atoms with Gasteiger partial charge in [-0.1, -0.05) is 66.7 Å². The first-order chi connectivity index (χ1) is 23.4. The molecule has 0 aromatic rings. The van der Waals surface area contributed by atoms with E-state index in [9.17, 15) is 35.1 Å². The average molecular weight is 709 g/mol. The summed E-state index contributed by atoms with van der Waals surface area (Å²) in [4.78, 5) is 27.3. The third kappa shape index (κ3) is 11.9.